The van der Waals surface area contributed by atoms with E-state index >= 15 is 0 Å². The van der Waals surface area contributed by atoms with E-state index in [1.165, 1.54) is 0 Å². The lowest BCUT2D eigenvalue weighted by Crippen LogP contribution is -2.45. The molecular weight excluding hydrogens is 256 g/mol. The third-order valence-electron chi connectivity index (χ3n) is 3.53. The van der Waals surface area contributed by atoms with Crippen molar-refractivity contribution in [2.75, 3.05) is 26.7 Å². The molecule has 0 aromatic carbocycles. The molecular formula is C14H22N4O2. The number of primary amides is 1. The Balaban J connectivity index is 1.74. The summed E-state index contributed by atoms with van der Waals surface area (Å²) in [6, 6.07) is 6.23. The maximum Gasteiger partial charge on any atom is 0.231 e. The van der Waals surface area contributed by atoms with Gasteiger partial charge in [-0.3, -0.25) is 9.69 Å². The SMILES string of the molecule is COc1cccc(CNC2CCN(CC(N)=O)CC2)n1. The number of piperidine rings is 1. The smallest absolute Gasteiger partial charge is 0.231 e. The second-order valence-electron chi connectivity index (χ2n) is 5.07. The fourth-order valence-electron chi connectivity index (χ4n) is 2.43. The highest BCUT2D eigenvalue weighted by Gasteiger charge is 2.19. The Morgan fingerprint density at radius 2 is 2.25 bits per heavy atom. The predicted octanol–water partition coefficient (Wildman–Crippen LogP) is 0.130. The van der Waals surface area contributed by atoms with Crippen LogP contribution in [-0.2, 0) is 11.3 Å². The molecule has 0 atom stereocenters. The van der Waals surface area contributed by atoms with Crippen LogP contribution < -0.4 is 15.8 Å². The highest BCUT2D eigenvalue weighted by Crippen LogP contribution is 2.11. The first kappa shape index (κ1) is 14.7. The van der Waals surface area contributed by atoms with E-state index in [4.69, 9.17) is 10.5 Å². The summed E-state index contributed by atoms with van der Waals surface area (Å²) < 4.78 is 5.11. The van der Waals surface area contributed by atoms with Crippen molar-refractivity contribution in [3.8, 4) is 5.88 Å². The molecule has 0 saturated carbocycles. The molecule has 1 amide bonds. The fourth-order valence-corrected chi connectivity index (χ4v) is 2.43. The number of methoxy groups -OCH3 is 1. The van der Waals surface area contributed by atoms with Crippen molar-refractivity contribution < 1.29 is 9.53 Å². The summed E-state index contributed by atoms with van der Waals surface area (Å²) >= 11 is 0. The summed E-state index contributed by atoms with van der Waals surface area (Å²) in [5.41, 5.74) is 6.18. The number of ether oxygens (including phenoxy) is 1. The fraction of sp³-hybridized carbons (Fsp3) is 0.571. The zero-order valence-electron chi connectivity index (χ0n) is 11.8. The number of aromatic nitrogens is 1. The van der Waals surface area contributed by atoms with Crippen molar-refractivity contribution >= 4 is 5.91 Å². The number of nitrogens with one attached hydrogen (secondary N) is 1. The molecule has 0 bridgehead atoms. The van der Waals surface area contributed by atoms with Crippen molar-refractivity contribution in [2.45, 2.75) is 25.4 Å². The van der Waals surface area contributed by atoms with Crippen molar-refractivity contribution in [2.24, 2.45) is 5.73 Å². The van der Waals surface area contributed by atoms with Gasteiger partial charge in [0.1, 0.15) is 0 Å². The molecule has 0 radical (unpaired) electrons. The number of amides is 1. The van der Waals surface area contributed by atoms with E-state index < -0.39 is 0 Å². The van der Waals surface area contributed by atoms with Gasteiger partial charge in [-0.15, -0.1) is 0 Å². The maximum atomic E-state index is 10.9. The molecule has 0 spiro atoms. The normalized spacial score (nSPS) is 17.1. The minimum Gasteiger partial charge on any atom is -0.481 e. The van der Waals surface area contributed by atoms with E-state index in [1.54, 1.807) is 7.11 Å². The van der Waals surface area contributed by atoms with Gasteiger partial charge in [0, 0.05) is 31.7 Å². The number of hydrogen-bond donors (Lipinski definition) is 2. The minimum absolute atomic E-state index is 0.253. The van der Waals surface area contributed by atoms with Crippen LogP contribution in [0.5, 0.6) is 5.88 Å². The van der Waals surface area contributed by atoms with Crippen molar-refractivity contribution in [3.63, 3.8) is 0 Å². The number of carbonyl (C=O) groups excluding carboxylic acids is 1. The average Bonchev–Trinajstić information content (AvgIpc) is 2.46. The van der Waals surface area contributed by atoms with Crippen LogP contribution in [-0.4, -0.2) is 48.6 Å². The lowest BCUT2D eigenvalue weighted by atomic mass is 10.0. The van der Waals surface area contributed by atoms with Crippen molar-refractivity contribution in [1.82, 2.24) is 15.2 Å². The summed E-state index contributed by atoms with van der Waals surface area (Å²) in [5, 5.41) is 3.50. The van der Waals surface area contributed by atoms with Crippen LogP contribution >= 0.6 is 0 Å². The lowest BCUT2D eigenvalue weighted by molar-refractivity contribution is -0.119. The first-order valence-corrected chi connectivity index (χ1v) is 6.91. The quantitative estimate of drug-likeness (QED) is 0.773. The Morgan fingerprint density at radius 1 is 1.50 bits per heavy atom. The third-order valence-corrected chi connectivity index (χ3v) is 3.53. The Bertz CT molecular complexity index is 445. The van der Waals surface area contributed by atoms with Gasteiger partial charge in [-0.05, 0) is 18.9 Å². The molecule has 1 fully saturated rings. The first-order chi connectivity index (χ1) is 9.67. The molecule has 110 valence electrons. The van der Waals surface area contributed by atoms with E-state index in [9.17, 15) is 4.79 Å². The van der Waals surface area contributed by atoms with Gasteiger partial charge < -0.3 is 15.8 Å². The number of nitrogens with two attached hydrogens (primary N) is 1. The third kappa shape index (κ3) is 4.47. The topological polar surface area (TPSA) is 80.5 Å². The van der Waals surface area contributed by atoms with Crippen LogP contribution in [0.4, 0.5) is 0 Å². The average molecular weight is 278 g/mol. The van der Waals surface area contributed by atoms with E-state index in [0.29, 0.717) is 18.5 Å². The molecule has 6 nitrogen and oxygen atoms in total. The summed E-state index contributed by atoms with van der Waals surface area (Å²) in [6.45, 7) is 2.92. The number of likely N-dealkylation sites (tertiary alicyclic amines) is 1. The number of rotatable bonds is 6. The van der Waals surface area contributed by atoms with Crippen LogP contribution in [0.25, 0.3) is 0 Å². The maximum absolute atomic E-state index is 10.9. The molecule has 0 aliphatic carbocycles. The predicted molar refractivity (Wildman–Crippen MR) is 76.3 cm³/mol. The van der Waals surface area contributed by atoms with Gasteiger partial charge in [0.15, 0.2) is 0 Å². The largest absolute Gasteiger partial charge is 0.481 e. The Kier molecular flexibility index (Phi) is 5.31. The van der Waals surface area contributed by atoms with Crippen LogP contribution in [0, 0.1) is 0 Å². The number of nitrogens with zero attached hydrogens (tertiary/aromatic N) is 2. The van der Waals surface area contributed by atoms with Gasteiger partial charge in [0.25, 0.3) is 0 Å². The monoisotopic (exact) mass is 278 g/mol. The highest BCUT2D eigenvalue weighted by molar-refractivity contribution is 5.75. The molecule has 2 heterocycles. The van der Waals surface area contributed by atoms with Crippen LogP contribution in [0.3, 0.4) is 0 Å². The van der Waals surface area contributed by atoms with Gasteiger partial charge >= 0.3 is 0 Å². The highest BCUT2D eigenvalue weighted by atomic mass is 16.5. The second kappa shape index (κ2) is 7.21. The second-order valence-corrected chi connectivity index (χ2v) is 5.07. The Morgan fingerprint density at radius 3 is 2.90 bits per heavy atom. The zero-order valence-corrected chi connectivity index (χ0v) is 11.8. The molecule has 6 heteroatoms. The molecule has 0 unspecified atom stereocenters. The Hall–Kier alpha value is -1.66. The molecule has 1 saturated heterocycles. The molecule has 1 aromatic heterocycles. The molecule has 1 aliphatic rings. The summed E-state index contributed by atoms with van der Waals surface area (Å²) in [5.74, 6) is 0.387. The molecule has 2 rings (SSSR count). The van der Waals surface area contributed by atoms with Gasteiger partial charge in [-0.2, -0.15) is 0 Å². The van der Waals surface area contributed by atoms with Crippen LogP contribution in [0.1, 0.15) is 18.5 Å². The van der Waals surface area contributed by atoms with Crippen molar-refractivity contribution in [3.05, 3.63) is 23.9 Å². The van der Waals surface area contributed by atoms with E-state index in [2.05, 4.69) is 15.2 Å². The lowest BCUT2D eigenvalue weighted by Gasteiger charge is -2.31. The van der Waals surface area contributed by atoms with Gasteiger partial charge in [-0.25, -0.2) is 4.98 Å². The van der Waals surface area contributed by atoms with Crippen molar-refractivity contribution in [1.29, 1.82) is 0 Å². The number of hydrogen-bond acceptors (Lipinski definition) is 5. The minimum atomic E-state index is -0.253. The molecule has 1 aromatic rings. The van der Waals surface area contributed by atoms with E-state index in [0.717, 1.165) is 38.2 Å². The van der Waals surface area contributed by atoms with Gasteiger partial charge in [0.05, 0.1) is 19.3 Å². The zero-order chi connectivity index (χ0) is 14.4. The molecule has 3 N–H and O–H groups in total. The standard InChI is InChI=1S/C14H22N4O2/c1-20-14-4-2-3-12(17-14)9-16-11-5-7-18(8-6-11)10-13(15)19/h2-4,11,16H,5-10H2,1H3,(H2,15,19). The molecule has 20 heavy (non-hydrogen) atoms. The van der Waals surface area contributed by atoms with E-state index in [-0.39, 0.29) is 5.91 Å². The Labute approximate surface area is 119 Å². The van der Waals surface area contributed by atoms with Gasteiger partial charge in [-0.1, -0.05) is 6.07 Å². The van der Waals surface area contributed by atoms with Gasteiger partial charge in [0.2, 0.25) is 11.8 Å². The first-order valence-electron chi connectivity index (χ1n) is 6.91. The van der Waals surface area contributed by atoms with E-state index in [1.807, 2.05) is 18.2 Å². The molecule has 1 aliphatic heterocycles. The number of carbonyl (C=O) groups is 1. The summed E-state index contributed by atoms with van der Waals surface area (Å²) in [7, 11) is 1.62. The number of pyridine rings is 1. The van der Waals surface area contributed by atoms with Crippen LogP contribution in [0.2, 0.25) is 0 Å². The summed E-state index contributed by atoms with van der Waals surface area (Å²) in [4.78, 5) is 17.3. The summed E-state index contributed by atoms with van der Waals surface area (Å²) in [6.07, 6.45) is 2.05. The van der Waals surface area contributed by atoms with Crippen LogP contribution in [0.15, 0.2) is 18.2 Å².